The molecule has 0 bridgehead atoms. The number of halogens is 1. The van der Waals surface area contributed by atoms with E-state index < -0.39 is 11.8 Å². The van der Waals surface area contributed by atoms with Crippen molar-refractivity contribution in [1.82, 2.24) is 5.43 Å². The summed E-state index contributed by atoms with van der Waals surface area (Å²) in [6.45, 7) is 0. The SMILES string of the molecule is CSc1ccc(C=NNC(=O)CC(=O)Nc2ccc(Cl)cc2)cc1. The lowest BCUT2D eigenvalue weighted by Crippen LogP contribution is -2.24. The van der Waals surface area contributed by atoms with Crippen molar-refractivity contribution in [3.05, 3.63) is 59.1 Å². The third kappa shape index (κ3) is 6.06. The zero-order valence-corrected chi connectivity index (χ0v) is 14.5. The summed E-state index contributed by atoms with van der Waals surface area (Å²) in [6.07, 6.45) is 3.21. The first-order valence-corrected chi connectivity index (χ1v) is 8.68. The molecule has 0 aliphatic heterocycles. The molecule has 0 atom stereocenters. The van der Waals surface area contributed by atoms with Gasteiger partial charge in [0.2, 0.25) is 11.8 Å². The van der Waals surface area contributed by atoms with Crippen LogP contribution in [0.3, 0.4) is 0 Å². The molecule has 0 heterocycles. The highest BCUT2D eigenvalue weighted by Crippen LogP contribution is 2.14. The lowest BCUT2D eigenvalue weighted by Gasteiger charge is -2.04. The van der Waals surface area contributed by atoms with Gasteiger partial charge in [0, 0.05) is 15.6 Å². The molecule has 24 heavy (non-hydrogen) atoms. The average Bonchev–Trinajstić information content (AvgIpc) is 2.57. The molecule has 0 radical (unpaired) electrons. The highest BCUT2D eigenvalue weighted by Gasteiger charge is 2.08. The van der Waals surface area contributed by atoms with Gasteiger partial charge in [-0.25, -0.2) is 5.43 Å². The molecular formula is C17H16ClN3O2S. The first kappa shape index (κ1) is 18.0. The molecule has 0 aliphatic rings. The Morgan fingerprint density at radius 2 is 1.75 bits per heavy atom. The molecule has 7 heteroatoms. The summed E-state index contributed by atoms with van der Waals surface area (Å²) < 4.78 is 0. The van der Waals surface area contributed by atoms with Gasteiger partial charge in [0.1, 0.15) is 6.42 Å². The van der Waals surface area contributed by atoms with Crippen molar-refractivity contribution >= 4 is 47.1 Å². The summed E-state index contributed by atoms with van der Waals surface area (Å²) in [5.41, 5.74) is 3.77. The topological polar surface area (TPSA) is 70.6 Å². The van der Waals surface area contributed by atoms with Crippen LogP contribution in [-0.2, 0) is 9.59 Å². The van der Waals surface area contributed by atoms with Gasteiger partial charge in [0.25, 0.3) is 0 Å². The molecule has 0 unspecified atom stereocenters. The highest BCUT2D eigenvalue weighted by atomic mass is 35.5. The second-order valence-electron chi connectivity index (χ2n) is 4.80. The van der Waals surface area contributed by atoms with Gasteiger partial charge in [-0.2, -0.15) is 5.10 Å². The van der Waals surface area contributed by atoms with Gasteiger partial charge in [-0.05, 0) is 48.2 Å². The Morgan fingerprint density at radius 3 is 2.38 bits per heavy atom. The number of nitrogens with zero attached hydrogens (tertiary/aromatic N) is 1. The van der Waals surface area contributed by atoms with Gasteiger partial charge in [0.15, 0.2) is 0 Å². The maximum Gasteiger partial charge on any atom is 0.249 e. The summed E-state index contributed by atoms with van der Waals surface area (Å²) in [5.74, 6) is -0.909. The maximum atomic E-state index is 11.8. The predicted molar refractivity (Wildman–Crippen MR) is 98.7 cm³/mol. The van der Waals surface area contributed by atoms with Crippen molar-refractivity contribution in [1.29, 1.82) is 0 Å². The Morgan fingerprint density at radius 1 is 1.08 bits per heavy atom. The standard InChI is InChI=1S/C17H16ClN3O2S/c1-24-15-8-2-12(3-9-15)11-19-21-17(23)10-16(22)20-14-6-4-13(18)5-7-14/h2-9,11H,10H2,1H3,(H,20,22)(H,21,23). The van der Waals surface area contributed by atoms with Crippen molar-refractivity contribution in [3.63, 3.8) is 0 Å². The van der Waals surface area contributed by atoms with Gasteiger partial charge in [-0.15, -0.1) is 11.8 Å². The van der Waals surface area contributed by atoms with Gasteiger partial charge in [-0.1, -0.05) is 23.7 Å². The maximum absolute atomic E-state index is 11.8. The van der Waals surface area contributed by atoms with E-state index in [0.29, 0.717) is 10.7 Å². The van der Waals surface area contributed by atoms with E-state index in [9.17, 15) is 9.59 Å². The van der Waals surface area contributed by atoms with Gasteiger partial charge >= 0.3 is 0 Å². The van der Waals surface area contributed by atoms with Crippen molar-refractivity contribution < 1.29 is 9.59 Å². The van der Waals surface area contributed by atoms with Gasteiger partial charge in [0.05, 0.1) is 6.21 Å². The van der Waals surface area contributed by atoms with Gasteiger partial charge < -0.3 is 5.32 Å². The molecular weight excluding hydrogens is 346 g/mol. The van der Waals surface area contributed by atoms with E-state index in [1.807, 2.05) is 30.5 Å². The molecule has 0 aromatic heterocycles. The third-order valence-electron chi connectivity index (χ3n) is 2.97. The van der Waals surface area contributed by atoms with Crippen LogP contribution in [0, 0.1) is 0 Å². The molecule has 5 nitrogen and oxygen atoms in total. The average molecular weight is 362 g/mol. The monoisotopic (exact) mass is 361 g/mol. The predicted octanol–water partition coefficient (Wildman–Crippen LogP) is 3.54. The van der Waals surface area contributed by atoms with E-state index in [0.717, 1.165) is 10.5 Å². The lowest BCUT2D eigenvalue weighted by atomic mass is 10.2. The Bertz CT molecular complexity index is 731. The molecule has 2 amide bonds. The van der Waals surface area contributed by atoms with E-state index in [1.54, 1.807) is 36.0 Å². The first-order valence-electron chi connectivity index (χ1n) is 7.08. The molecule has 0 saturated carbocycles. The lowest BCUT2D eigenvalue weighted by molar-refractivity contribution is -0.126. The van der Waals surface area contributed by atoms with Crippen LogP contribution in [0.2, 0.25) is 5.02 Å². The molecule has 0 aliphatic carbocycles. The molecule has 2 aromatic rings. The Labute approximate surface area is 149 Å². The first-order chi connectivity index (χ1) is 11.6. The van der Waals surface area contributed by atoms with Crippen LogP contribution in [-0.4, -0.2) is 24.3 Å². The normalized spacial score (nSPS) is 10.6. The van der Waals surface area contributed by atoms with E-state index in [2.05, 4.69) is 15.8 Å². The second kappa shape index (κ2) is 9.10. The summed E-state index contributed by atoms with van der Waals surface area (Å²) in [5, 5.41) is 7.02. The van der Waals surface area contributed by atoms with Crippen molar-refractivity contribution in [2.24, 2.45) is 5.10 Å². The number of carbonyl (C=O) groups excluding carboxylic acids is 2. The zero-order chi connectivity index (χ0) is 17.4. The van der Waals surface area contributed by atoms with Gasteiger partial charge in [-0.3, -0.25) is 9.59 Å². The third-order valence-corrected chi connectivity index (χ3v) is 3.96. The van der Waals surface area contributed by atoms with Crippen LogP contribution < -0.4 is 10.7 Å². The van der Waals surface area contributed by atoms with E-state index in [4.69, 9.17) is 11.6 Å². The van der Waals surface area contributed by atoms with Crippen LogP contribution in [0.15, 0.2) is 58.5 Å². The largest absolute Gasteiger partial charge is 0.326 e. The van der Waals surface area contributed by atoms with Crippen LogP contribution >= 0.6 is 23.4 Å². The Hall–Kier alpha value is -2.31. The number of rotatable bonds is 6. The van der Waals surface area contributed by atoms with Crippen molar-refractivity contribution in [2.45, 2.75) is 11.3 Å². The molecule has 0 fully saturated rings. The number of amides is 2. The number of carbonyl (C=O) groups is 2. The molecule has 2 aromatic carbocycles. The van der Waals surface area contributed by atoms with E-state index in [-0.39, 0.29) is 6.42 Å². The fourth-order valence-electron chi connectivity index (χ4n) is 1.79. The number of anilines is 1. The van der Waals surface area contributed by atoms with Crippen LogP contribution in [0.5, 0.6) is 0 Å². The molecule has 0 saturated heterocycles. The summed E-state index contributed by atoms with van der Waals surface area (Å²) in [6, 6.07) is 14.4. The number of nitrogens with one attached hydrogen (secondary N) is 2. The Kier molecular flexibility index (Phi) is 6.84. The number of thioether (sulfide) groups is 1. The van der Waals surface area contributed by atoms with Crippen LogP contribution in [0.4, 0.5) is 5.69 Å². The van der Waals surface area contributed by atoms with Crippen molar-refractivity contribution in [2.75, 3.05) is 11.6 Å². The smallest absolute Gasteiger partial charge is 0.249 e. The molecule has 2 N–H and O–H groups in total. The van der Waals surface area contributed by atoms with Crippen molar-refractivity contribution in [3.8, 4) is 0 Å². The molecule has 124 valence electrons. The van der Waals surface area contributed by atoms with Crippen LogP contribution in [0.1, 0.15) is 12.0 Å². The number of hydrogen-bond acceptors (Lipinski definition) is 4. The fourth-order valence-corrected chi connectivity index (χ4v) is 2.33. The second-order valence-corrected chi connectivity index (χ2v) is 6.11. The minimum absolute atomic E-state index is 0.314. The summed E-state index contributed by atoms with van der Waals surface area (Å²) in [4.78, 5) is 24.6. The minimum atomic E-state index is -0.488. The number of hydrogen-bond donors (Lipinski definition) is 2. The highest BCUT2D eigenvalue weighted by molar-refractivity contribution is 7.98. The number of hydrazone groups is 1. The number of benzene rings is 2. The summed E-state index contributed by atoms with van der Waals surface area (Å²) in [7, 11) is 0. The van der Waals surface area contributed by atoms with E-state index >= 15 is 0 Å². The zero-order valence-electron chi connectivity index (χ0n) is 13.0. The minimum Gasteiger partial charge on any atom is -0.326 e. The molecule has 2 rings (SSSR count). The molecule has 0 spiro atoms. The Balaban J connectivity index is 1.78. The van der Waals surface area contributed by atoms with E-state index in [1.165, 1.54) is 6.21 Å². The quantitative estimate of drug-likeness (QED) is 0.358. The summed E-state index contributed by atoms with van der Waals surface area (Å²) >= 11 is 7.41. The van der Waals surface area contributed by atoms with Crippen LogP contribution in [0.25, 0.3) is 0 Å². The fraction of sp³-hybridized carbons (Fsp3) is 0.118.